The summed E-state index contributed by atoms with van der Waals surface area (Å²) < 4.78 is 8.41. The average Bonchev–Trinajstić information content (AvgIpc) is 1.23. The van der Waals surface area contributed by atoms with Crippen LogP contribution >= 0.6 is 22.7 Å². The second-order valence-electron chi connectivity index (χ2n) is 21.3. The van der Waals surface area contributed by atoms with Gasteiger partial charge in [-0.15, -0.1) is 11.3 Å². The summed E-state index contributed by atoms with van der Waals surface area (Å²) in [7, 11) is 0. The number of thiophene rings is 2. The predicted octanol–water partition coefficient (Wildman–Crippen LogP) is 44.1. The van der Waals surface area contributed by atoms with E-state index in [4.69, 9.17) is 4.42 Å². The van der Waals surface area contributed by atoms with Gasteiger partial charge in [0.2, 0.25) is 0 Å². The molecule has 0 radical (unpaired) electrons. The highest BCUT2D eigenvalue weighted by molar-refractivity contribution is 7.25. The smallest absolute Gasteiger partial charge is 0.135 e. The molecule has 14 aromatic carbocycles. The molecule has 0 fully saturated rings. The molecule has 19 rings (SSSR count). The molecule has 0 unspecified atom stereocenters. The van der Waals surface area contributed by atoms with Crippen LogP contribution in [0.15, 0.2) is 410 Å². The lowest BCUT2D eigenvalue weighted by Gasteiger charge is -2.00. The number of hydrogen-bond donors (Lipinski definition) is 0. The third-order valence-electron chi connectivity index (χ3n) is 15.1. The van der Waals surface area contributed by atoms with Gasteiger partial charge < -0.3 is 4.42 Å². The van der Waals surface area contributed by atoms with Crippen LogP contribution in [0.25, 0.3) is 96.7 Å². The molecular formula is C124H177NOS2. The van der Waals surface area contributed by atoms with Crippen molar-refractivity contribution >= 4 is 97.1 Å². The SMILES string of the molecule is CC.CC.CC.CC.CC.CC.CC.CC.CC.CC.CC.CC.CC.CC.CC.CC.CC.CC.c1ccc(-c2ccccc2)cc1.c1ccc2c(c1)Cc1ccccc1-2.c1ccc2c(c1)oc1ccccc12.c1ccc2c(c1)sc1ccccc12.c1ccc2cc3ccccc3cc2c1.c1ccc2ccccc2c1.c1ccccc1.c1ccncc1.c1ccsc1. The van der Waals surface area contributed by atoms with Gasteiger partial charge in [0, 0.05) is 43.3 Å². The summed E-state index contributed by atoms with van der Waals surface area (Å²) in [5.74, 6) is 0. The number of aromatic nitrogens is 1. The molecule has 18 aromatic rings. The Kier molecular flexibility index (Phi) is 108. The van der Waals surface area contributed by atoms with Gasteiger partial charge in [0.1, 0.15) is 11.2 Å². The summed E-state index contributed by atoms with van der Waals surface area (Å²) in [6, 6.07) is 131. The van der Waals surface area contributed by atoms with E-state index in [1.54, 1.807) is 23.7 Å². The van der Waals surface area contributed by atoms with Crippen molar-refractivity contribution in [2.45, 2.75) is 256 Å². The molecule has 4 heteroatoms. The minimum absolute atomic E-state index is 0.962. The number of nitrogens with zero attached hydrogens (tertiary/aromatic N) is 1. The number of furan rings is 1. The monoisotopic (exact) mass is 1760 g/mol. The van der Waals surface area contributed by atoms with Crippen molar-refractivity contribution in [3.8, 4) is 22.3 Å². The first kappa shape index (κ1) is 132. The molecule has 0 saturated carbocycles. The van der Waals surface area contributed by atoms with E-state index in [2.05, 4.69) is 272 Å². The van der Waals surface area contributed by atoms with Gasteiger partial charge in [0.25, 0.3) is 0 Å². The molecule has 4 aromatic heterocycles. The molecule has 0 amide bonds. The number of pyridine rings is 1. The first-order chi connectivity index (χ1) is 63.7. The fourth-order valence-corrected chi connectivity index (χ4v) is 12.2. The number of para-hydroxylation sites is 2. The van der Waals surface area contributed by atoms with Crippen molar-refractivity contribution in [3.05, 3.63) is 416 Å². The third-order valence-corrected chi connectivity index (χ3v) is 16.9. The number of hydrogen-bond acceptors (Lipinski definition) is 4. The minimum atomic E-state index is 0.962. The number of fused-ring (bicyclic) bond motifs is 12. The molecule has 696 valence electrons. The topological polar surface area (TPSA) is 26.0 Å². The summed E-state index contributed by atoms with van der Waals surface area (Å²) in [5.41, 5.74) is 10.2. The quantitative estimate of drug-likeness (QED) is 0.153. The van der Waals surface area contributed by atoms with E-state index < -0.39 is 0 Å². The van der Waals surface area contributed by atoms with E-state index in [0.717, 1.165) is 17.6 Å². The van der Waals surface area contributed by atoms with Gasteiger partial charge in [0.05, 0.1) is 0 Å². The van der Waals surface area contributed by atoms with Gasteiger partial charge in [-0.3, -0.25) is 4.98 Å². The van der Waals surface area contributed by atoms with Crippen LogP contribution in [0.3, 0.4) is 0 Å². The fraction of sp³-hybridized carbons (Fsp3) is 0.298. The van der Waals surface area contributed by atoms with Gasteiger partial charge in [0.15, 0.2) is 0 Å². The zero-order valence-electron chi connectivity index (χ0n) is 87.1. The Morgan fingerprint density at radius 2 is 0.414 bits per heavy atom. The van der Waals surface area contributed by atoms with Gasteiger partial charge in [-0.2, -0.15) is 11.3 Å². The van der Waals surface area contributed by atoms with Gasteiger partial charge in [-0.1, -0.05) is 583 Å². The Morgan fingerprint density at radius 1 is 0.195 bits per heavy atom. The van der Waals surface area contributed by atoms with Crippen LogP contribution < -0.4 is 0 Å². The maximum Gasteiger partial charge on any atom is 0.135 e. The molecule has 2 nitrogen and oxygen atoms in total. The highest BCUT2D eigenvalue weighted by Crippen LogP contribution is 2.36. The third kappa shape index (κ3) is 55.4. The van der Waals surface area contributed by atoms with Gasteiger partial charge in [-0.05, 0) is 131 Å². The molecule has 1 aliphatic carbocycles. The summed E-state index contributed by atoms with van der Waals surface area (Å²) >= 11 is 3.57. The van der Waals surface area contributed by atoms with Crippen molar-refractivity contribution < 1.29 is 4.42 Å². The maximum absolute atomic E-state index is 5.65. The molecule has 0 bridgehead atoms. The normalized spacial score (nSPS) is 8.28. The van der Waals surface area contributed by atoms with Crippen LogP contribution in [0.2, 0.25) is 0 Å². The van der Waals surface area contributed by atoms with Gasteiger partial charge >= 0.3 is 0 Å². The van der Waals surface area contributed by atoms with E-state index >= 15 is 0 Å². The standard InChI is InChI=1S/C14H10.C13H10.C12H8O.C12H8S.C12H10.C10H8.C6H6.C5H5N.C4H4S.18C2H6/c1-2-6-12-10-14-8-4-3-7-13(14)9-11(12)5-1;1-3-7-12-10(5-1)9-11-6-2-4-8-13(11)12;2*1-3-7-11-9(5-1)10-6-2-4-8-12(10)13-11;1-3-7-11(8-4-1)12-9-5-2-6-10-12;1-2-6-10-8-4-3-7-9(10)5-1;2*1-2-4-6-5-3-1;1-2-4-5-3-1;18*1-2/h1-10H;1-8H,9H2;2*1-8H;1-10H;1-8H;1-6H;1-5H;1-4H;18*1-2H3. The second-order valence-corrected chi connectivity index (χ2v) is 23.2. The van der Waals surface area contributed by atoms with Crippen LogP contribution in [-0.4, -0.2) is 4.98 Å². The largest absolute Gasteiger partial charge is 0.456 e. The first-order valence-corrected chi connectivity index (χ1v) is 50.6. The number of benzene rings is 14. The van der Waals surface area contributed by atoms with E-state index in [-0.39, 0.29) is 0 Å². The van der Waals surface area contributed by atoms with E-state index in [0.29, 0.717) is 0 Å². The lowest BCUT2D eigenvalue weighted by Crippen LogP contribution is -1.77. The van der Waals surface area contributed by atoms with Crippen molar-refractivity contribution in [1.82, 2.24) is 4.98 Å². The Balaban J connectivity index is -0.000000204. The molecule has 4 heterocycles. The van der Waals surface area contributed by atoms with Crippen LogP contribution in [0.1, 0.15) is 260 Å². The first-order valence-electron chi connectivity index (χ1n) is 48.8. The van der Waals surface area contributed by atoms with E-state index in [1.807, 2.05) is 387 Å². The summed E-state index contributed by atoms with van der Waals surface area (Å²) in [4.78, 5) is 3.78. The van der Waals surface area contributed by atoms with Crippen molar-refractivity contribution in [2.24, 2.45) is 0 Å². The highest BCUT2D eigenvalue weighted by atomic mass is 32.1. The Labute approximate surface area is 795 Å². The Hall–Kier alpha value is -11.3. The van der Waals surface area contributed by atoms with Crippen molar-refractivity contribution in [3.63, 3.8) is 0 Å². The average molecular weight is 1760 g/mol. The molecule has 128 heavy (non-hydrogen) atoms. The molecular weight excluding hydrogens is 1580 g/mol. The molecule has 0 atom stereocenters. The van der Waals surface area contributed by atoms with Crippen LogP contribution in [0.5, 0.6) is 0 Å². The highest BCUT2D eigenvalue weighted by Gasteiger charge is 2.16. The Bertz CT molecular complexity index is 4520. The predicted molar refractivity (Wildman–Crippen MR) is 604 cm³/mol. The summed E-state index contributed by atoms with van der Waals surface area (Å²) in [6.07, 6.45) is 4.60. The number of rotatable bonds is 1. The van der Waals surface area contributed by atoms with E-state index in [1.165, 1.54) is 96.6 Å². The summed E-state index contributed by atoms with van der Waals surface area (Å²) in [5, 5.41) is 17.1. The zero-order chi connectivity index (χ0) is 98.5. The Morgan fingerprint density at radius 3 is 0.672 bits per heavy atom. The van der Waals surface area contributed by atoms with Crippen LogP contribution in [-0.2, 0) is 6.42 Å². The van der Waals surface area contributed by atoms with Crippen LogP contribution in [0, 0.1) is 0 Å². The van der Waals surface area contributed by atoms with Crippen molar-refractivity contribution in [2.75, 3.05) is 0 Å². The minimum Gasteiger partial charge on any atom is -0.456 e. The lowest BCUT2D eigenvalue weighted by molar-refractivity contribution is 0.669. The molecule has 0 N–H and O–H groups in total. The zero-order valence-corrected chi connectivity index (χ0v) is 88.7. The molecule has 1 aliphatic rings. The molecule has 0 saturated heterocycles. The molecule has 0 aliphatic heterocycles. The lowest BCUT2D eigenvalue weighted by atomic mass is 10.0. The van der Waals surface area contributed by atoms with Gasteiger partial charge in [-0.25, -0.2) is 0 Å². The van der Waals surface area contributed by atoms with E-state index in [9.17, 15) is 0 Å². The van der Waals surface area contributed by atoms with Crippen LogP contribution in [0.4, 0.5) is 0 Å². The second kappa shape index (κ2) is 105. The maximum atomic E-state index is 5.65. The van der Waals surface area contributed by atoms with Crippen molar-refractivity contribution in [1.29, 1.82) is 0 Å². The molecule has 0 spiro atoms. The fourth-order valence-electron chi connectivity index (χ4n) is 10.6. The summed E-state index contributed by atoms with van der Waals surface area (Å²) in [6.45, 7) is 72.0.